The van der Waals surface area contributed by atoms with Crippen LogP contribution < -0.4 is 5.73 Å². The van der Waals surface area contributed by atoms with Crippen molar-refractivity contribution in [2.75, 3.05) is 0 Å². The van der Waals surface area contributed by atoms with E-state index in [1.807, 2.05) is 19.1 Å². The summed E-state index contributed by atoms with van der Waals surface area (Å²) in [6.07, 6.45) is 0. The van der Waals surface area contributed by atoms with E-state index in [-0.39, 0.29) is 6.04 Å². The van der Waals surface area contributed by atoms with Crippen molar-refractivity contribution < 1.29 is 0 Å². The first-order valence-corrected chi connectivity index (χ1v) is 7.46. The van der Waals surface area contributed by atoms with Crippen molar-refractivity contribution in [3.63, 3.8) is 0 Å². The molecule has 1 unspecified atom stereocenters. The summed E-state index contributed by atoms with van der Waals surface area (Å²) in [6.45, 7) is 4.15. The molecular weight excluding hydrogens is 278 g/mol. The van der Waals surface area contributed by atoms with Gasteiger partial charge in [-0.15, -0.1) is 0 Å². The first-order chi connectivity index (χ1) is 10.1. The van der Waals surface area contributed by atoms with Crippen LogP contribution in [0.25, 0.3) is 10.8 Å². The zero-order chi connectivity index (χ0) is 15.0. The van der Waals surface area contributed by atoms with Crippen molar-refractivity contribution in [1.82, 2.24) is 0 Å². The third kappa shape index (κ3) is 2.44. The highest BCUT2D eigenvalue weighted by molar-refractivity contribution is 6.31. The second-order valence-corrected chi connectivity index (χ2v) is 5.86. The van der Waals surface area contributed by atoms with E-state index >= 15 is 0 Å². The third-order valence-corrected chi connectivity index (χ3v) is 4.56. The van der Waals surface area contributed by atoms with Gasteiger partial charge in [0.25, 0.3) is 0 Å². The number of benzene rings is 3. The summed E-state index contributed by atoms with van der Waals surface area (Å²) in [4.78, 5) is 0. The highest BCUT2D eigenvalue weighted by Gasteiger charge is 2.15. The molecular formula is C19H18ClN. The molecule has 0 aliphatic heterocycles. The van der Waals surface area contributed by atoms with Crippen molar-refractivity contribution in [3.05, 3.63) is 81.9 Å². The van der Waals surface area contributed by atoms with E-state index in [0.717, 1.165) is 21.7 Å². The van der Waals surface area contributed by atoms with Crippen LogP contribution in [0.4, 0.5) is 0 Å². The number of aryl methyl sites for hydroxylation is 1. The van der Waals surface area contributed by atoms with Crippen molar-refractivity contribution in [1.29, 1.82) is 0 Å². The van der Waals surface area contributed by atoms with Crippen LogP contribution in [0.2, 0.25) is 5.02 Å². The topological polar surface area (TPSA) is 26.0 Å². The van der Waals surface area contributed by atoms with E-state index in [9.17, 15) is 0 Å². The Balaban J connectivity index is 2.21. The summed E-state index contributed by atoms with van der Waals surface area (Å²) in [6, 6.07) is 18.4. The number of nitrogens with two attached hydrogens (primary N) is 1. The second-order valence-electron chi connectivity index (χ2n) is 5.45. The van der Waals surface area contributed by atoms with Gasteiger partial charge in [-0.2, -0.15) is 0 Å². The van der Waals surface area contributed by atoms with Gasteiger partial charge in [0.1, 0.15) is 0 Å². The summed E-state index contributed by atoms with van der Waals surface area (Å²) in [5, 5.41) is 3.23. The third-order valence-electron chi connectivity index (χ3n) is 4.16. The molecule has 0 heterocycles. The Kier molecular flexibility index (Phi) is 3.71. The van der Waals surface area contributed by atoms with Gasteiger partial charge in [-0.05, 0) is 52.9 Å². The van der Waals surface area contributed by atoms with Crippen molar-refractivity contribution in [2.24, 2.45) is 5.73 Å². The van der Waals surface area contributed by atoms with E-state index in [0.29, 0.717) is 0 Å². The molecule has 21 heavy (non-hydrogen) atoms. The predicted molar refractivity (Wildman–Crippen MR) is 90.9 cm³/mol. The zero-order valence-corrected chi connectivity index (χ0v) is 13.0. The molecule has 2 heteroatoms. The van der Waals surface area contributed by atoms with Crippen LogP contribution in [0.5, 0.6) is 0 Å². The van der Waals surface area contributed by atoms with E-state index in [1.165, 1.54) is 16.3 Å². The fraction of sp³-hybridized carbons (Fsp3) is 0.158. The van der Waals surface area contributed by atoms with Gasteiger partial charge in [0, 0.05) is 5.02 Å². The second kappa shape index (κ2) is 5.51. The van der Waals surface area contributed by atoms with Gasteiger partial charge in [0.2, 0.25) is 0 Å². The summed E-state index contributed by atoms with van der Waals surface area (Å²) < 4.78 is 0. The molecule has 3 rings (SSSR count). The minimum absolute atomic E-state index is 0.172. The molecule has 3 aromatic carbocycles. The smallest absolute Gasteiger partial charge is 0.0560 e. The number of rotatable bonds is 2. The van der Waals surface area contributed by atoms with E-state index in [2.05, 4.69) is 49.4 Å². The van der Waals surface area contributed by atoms with Crippen molar-refractivity contribution in [2.45, 2.75) is 19.9 Å². The van der Waals surface area contributed by atoms with Crippen molar-refractivity contribution in [3.8, 4) is 0 Å². The maximum atomic E-state index is 6.54. The van der Waals surface area contributed by atoms with E-state index in [4.69, 9.17) is 17.3 Å². The molecule has 3 aromatic rings. The molecule has 0 saturated heterocycles. The summed E-state index contributed by atoms with van der Waals surface area (Å²) in [5.41, 5.74) is 11.1. The number of halogens is 1. The molecule has 0 aromatic heterocycles. The Morgan fingerprint density at radius 3 is 2.29 bits per heavy atom. The zero-order valence-electron chi connectivity index (χ0n) is 12.2. The minimum atomic E-state index is -0.172. The Morgan fingerprint density at radius 1 is 0.810 bits per heavy atom. The van der Waals surface area contributed by atoms with Crippen LogP contribution in [0.3, 0.4) is 0 Å². The summed E-state index contributed by atoms with van der Waals surface area (Å²) in [5.74, 6) is 0. The van der Waals surface area contributed by atoms with Gasteiger partial charge in [-0.3, -0.25) is 0 Å². The molecule has 0 fully saturated rings. The van der Waals surface area contributed by atoms with Gasteiger partial charge in [0.15, 0.2) is 0 Å². The van der Waals surface area contributed by atoms with Gasteiger partial charge in [-0.25, -0.2) is 0 Å². The summed E-state index contributed by atoms with van der Waals surface area (Å²) in [7, 11) is 0. The van der Waals surface area contributed by atoms with Gasteiger partial charge >= 0.3 is 0 Å². The lowest BCUT2D eigenvalue weighted by Gasteiger charge is -2.19. The average molecular weight is 296 g/mol. The van der Waals surface area contributed by atoms with Crippen molar-refractivity contribution >= 4 is 22.4 Å². The number of hydrogen-bond donors (Lipinski definition) is 1. The fourth-order valence-corrected chi connectivity index (χ4v) is 3.05. The van der Waals surface area contributed by atoms with Gasteiger partial charge < -0.3 is 5.73 Å². The first kappa shape index (κ1) is 14.1. The largest absolute Gasteiger partial charge is 0.320 e. The molecule has 0 saturated carbocycles. The van der Waals surface area contributed by atoms with Crippen LogP contribution in [0.1, 0.15) is 28.3 Å². The average Bonchev–Trinajstić information content (AvgIpc) is 2.50. The predicted octanol–water partition coefficient (Wildman–Crippen LogP) is 5.16. The van der Waals surface area contributed by atoms with Crippen LogP contribution in [-0.4, -0.2) is 0 Å². The van der Waals surface area contributed by atoms with E-state index in [1.54, 1.807) is 0 Å². The molecule has 0 aliphatic carbocycles. The lowest BCUT2D eigenvalue weighted by atomic mass is 9.90. The Hall–Kier alpha value is -1.83. The lowest BCUT2D eigenvalue weighted by molar-refractivity contribution is 0.870. The molecule has 0 radical (unpaired) electrons. The normalized spacial score (nSPS) is 12.6. The van der Waals surface area contributed by atoms with Crippen LogP contribution in [0.15, 0.2) is 54.6 Å². The Morgan fingerprint density at radius 2 is 1.52 bits per heavy atom. The summed E-state index contributed by atoms with van der Waals surface area (Å²) >= 11 is 6.23. The molecule has 1 atom stereocenters. The van der Waals surface area contributed by atoms with Gasteiger partial charge in [-0.1, -0.05) is 60.1 Å². The Labute approximate surface area is 130 Å². The SMILES string of the molecule is Cc1c(Cl)cccc1C(N)c1ccc(C)c2ccccc12. The Bertz CT molecular complexity index is 808. The number of hydrogen-bond acceptors (Lipinski definition) is 1. The standard InChI is InChI=1S/C19H18ClN/c1-12-10-11-17(16-7-4-3-6-14(12)16)19(21)15-8-5-9-18(20)13(15)2/h3-11,19H,21H2,1-2H3. The molecule has 106 valence electrons. The first-order valence-electron chi connectivity index (χ1n) is 7.08. The molecule has 0 amide bonds. The maximum absolute atomic E-state index is 6.54. The quantitative estimate of drug-likeness (QED) is 0.694. The highest BCUT2D eigenvalue weighted by Crippen LogP contribution is 2.32. The van der Waals surface area contributed by atoms with Gasteiger partial charge in [0.05, 0.1) is 6.04 Å². The fourth-order valence-electron chi connectivity index (χ4n) is 2.87. The highest BCUT2D eigenvalue weighted by atomic mass is 35.5. The number of fused-ring (bicyclic) bond motifs is 1. The minimum Gasteiger partial charge on any atom is -0.320 e. The maximum Gasteiger partial charge on any atom is 0.0560 e. The lowest BCUT2D eigenvalue weighted by Crippen LogP contribution is -2.14. The monoisotopic (exact) mass is 295 g/mol. The van der Waals surface area contributed by atoms with E-state index < -0.39 is 0 Å². The van der Waals surface area contributed by atoms with Crippen LogP contribution in [0, 0.1) is 13.8 Å². The van der Waals surface area contributed by atoms with Crippen LogP contribution >= 0.6 is 11.6 Å². The molecule has 0 spiro atoms. The molecule has 0 bridgehead atoms. The molecule has 1 nitrogen and oxygen atoms in total. The van der Waals surface area contributed by atoms with Crippen LogP contribution in [-0.2, 0) is 0 Å². The molecule has 2 N–H and O–H groups in total. The molecule has 0 aliphatic rings.